The average molecular weight is 619 g/mol. The third kappa shape index (κ3) is 8.46. The minimum atomic E-state index is -1.17. The Morgan fingerprint density at radius 2 is 1.17 bits per heavy atom. The van der Waals surface area contributed by atoms with Crippen molar-refractivity contribution in [3.05, 3.63) is 46.5 Å². The summed E-state index contributed by atoms with van der Waals surface area (Å²) >= 11 is 2.64. The summed E-state index contributed by atoms with van der Waals surface area (Å²) in [5, 5.41) is 28.9. The van der Waals surface area contributed by atoms with Gasteiger partial charge in [-0.05, 0) is 60.2 Å². The van der Waals surface area contributed by atoms with Crippen molar-refractivity contribution in [1.29, 1.82) is 0 Å². The summed E-state index contributed by atoms with van der Waals surface area (Å²) in [5.74, 6) is -2.35. The summed E-state index contributed by atoms with van der Waals surface area (Å²) in [4.78, 5) is 21.3. The minimum absolute atomic E-state index is 0.149. The van der Waals surface area contributed by atoms with Gasteiger partial charge in [0.1, 0.15) is 11.0 Å². The molecule has 0 aliphatic heterocycles. The molecule has 0 unspecified atom stereocenters. The van der Waals surface area contributed by atoms with Crippen LogP contribution in [0.2, 0.25) is 8.87 Å². The van der Waals surface area contributed by atoms with E-state index in [-0.39, 0.29) is 32.3 Å². The maximum absolute atomic E-state index is 10.6. The van der Waals surface area contributed by atoms with E-state index in [0.717, 1.165) is 9.40 Å². The molecule has 2 aromatic carbocycles. The molecule has 184 valence electrons. The summed E-state index contributed by atoms with van der Waals surface area (Å²) in [5.41, 5.74) is 2.89. The molecule has 35 heavy (non-hydrogen) atoms. The van der Waals surface area contributed by atoms with Crippen molar-refractivity contribution in [2.45, 2.75) is 62.3 Å². The summed E-state index contributed by atoms with van der Waals surface area (Å²) in [6.45, 7) is 7.99. The number of carbonyl (C=O) groups is 2. The molecule has 11 heteroatoms. The number of rotatable bonds is 8. The molecule has 2 heterocycles. The van der Waals surface area contributed by atoms with Crippen LogP contribution in [0.1, 0.15) is 71.4 Å². The standard InChI is InChI=1S/2C8H6N2O2S.2C4H9.Sn/c2*1-4-5(8(11)12)2-3-6-7(4)9-10-13-6;2*1-3-4-2;/h2*2-3H,1H3,(H,11,12);2*1,3-4H2,2H3;/q;;;;+2/p-2. The van der Waals surface area contributed by atoms with Crippen LogP contribution in [-0.2, 0) is 0 Å². The first-order valence-corrected chi connectivity index (χ1v) is 17.0. The van der Waals surface area contributed by atoms with Gasteiger partial charge in [-0.2, -0.15) is 0 Å². The zero-order valence-electron chi connectivity index (χ0n) is 20.3. The van der Waals surface area contributed by atoms with Crippen LogP contribution >= 0.6 is 23.1 Å². The van der Waals surface area contributed by atoms with E-state index in [0.29, 0.717) is 22.2 Å². The van der Waals surface area contributed by atoms with E-state index in [1.807, 2.05) is 0 Å². The van der Waals surface area contributed by atoms with E-state index in [9.17, 15) is 19.8 Å². The molecule has 0 atom stereocenters. The van der Waals surface area contributed by atoms with E-state index in [4.69, 9.17) is 0 Å². The number of unbranched alkanes of at least 4 members (excludes halogenated alkanes) is 2. The van der Waals surface area contributed by atoms with Gasteiger partial charge in [-0.25, -0.2) is 0 Å². The number of aromatic nitrogens is 4. The van der Waals surface area contributed by atoms with Crippen molar-refractivity contribution >= 4 is 76.6 Å². The molecule has 0 fully saturated rings. The Balaban J connectivity index is 0.000000190. The number of carbonyl (C=O) groups excluding carboxylic acids is 2. The molecule has 0 spiro atoms. The van der Waals surface area contributed by atoms with Gasteiger partial charge in [0.15, 0.2) is 0 Å². The van der Waals surface area contributed by atoms with E-state index < -0.39 is 11.9 Å². The fourth-order valence-electron chi connectivity index (χ4n) is 3.13. The molecule has 0 amide bonds. The number of hydrogen-bond donors (Lipinski definition) is 0. The molecule has 0 radical (unpaired) electrons. The van der Waals surface area contributed by atoms with Crippen molar-refractivity contribution in [3.8, 4) is 0 Å². The zero-order valence-corrected chi connectivity index (χ0v) is 24.8. The zero-order chi connectivity index (χ0) is 25.8. The Morgan fingerprint density at radius 1 is 0.771 bits per heavy atom. The molecule has 0 saturated heterocycles. The third-order valence-electron chi connectivity index (χ3n) is 5.20. The van der Waals surface area contributed by atoms with Gasteiger partial charge in [-0.1, -0.05) is 21.1 Å². The Labute approximate surface area is 223 Å². The van der Waals surface area contributed by atoms with Crippen molar-refractivity contribution in [2.75, 3.05) is 0 Å². The number of benzene rings is 2. The second kappa shape index (κ2) is 15.0. The first kappa shape index (κ1) is 29.1. The van der Waals surface area contributed by atoms with Crippen molar-refractivity contribution < 1.29 is 19.8 Å². The molecular formula is C24H28N4O4S2Sn. The van der Waals surface area contributed by atoms with Gasteiger partial charge in [0, 0.05) is 11.1 Å². The van der Waals surface area contributed by atoms with E-state index in [1.165, 1.54) is 60.9 Å². The van der Waals surface area contributed by atoms with Gasteiger partial charge in [0.05, 0.1) is 21.3 Å². The second-order valence-corrected chi connectivity index (χ2v) is 13.6. The molecule has 0 aliphatic rings. The fourth-order valence-corrected chi connectivity index (χ4v) is 8.53. The van der Waals surface area contributed by atoms with E-state index in [2.05, 4.69) is 33.0 Å². The molecule has 2 aromatic heterocycles. The molecule has 0 N–H and O–H groups in total. The van der Waals surface area contributed by atoms with Gasteiger partial charge in [-0.15, -0.1) is 10.2 Å². The van der Waals surface area contributed by atoms with Crippen LogP contribution in [-0.4, -0.2) is 52.3 Å². The van der Waals surface area contributed by atoms with Gasteiger partial charge in [-0.3, -0.25) is 0 Å². The van der Waals surface area contributed by atoms with Crippen LogP contribution in [0, 0.1) is 13.8 Å². The molecule has 0 bridgehead atoms. The predicted octanol–water partition coefficient (Wildman–Crippen LogP) is 3.85. The number of aryl methyl sites for hydroxylation is 2. The molecule has 8 nitrogen and oxygen atoms in total. The quantitative estimate of drug-likeness (QED) is 0.215. The Morgan fingerprint density at radius 3 is 1.51 bits per heavy atom. The van der Waals surface area contributed by atoms with Crippen molar-refractivity contribution in [3.63, 3.8) is 0 Å². The Kier molecular flexibility index (Phi) is 12.5. The first-order valence-electron chi connectivity index (χ1n) is 11.4. The van der Waals surface area contributed by atoms with Crippen LogP contribution in [0.4, 0.5) is 0 Å². The van der Waals surface area contributed by atoms with Crippen molar-refractivity contribution in [1.82, 2.24) is 19.2 Å². The van der Waals surface area contributed by atoms with Crippen LogP contribution < -0.4 is 10.2 Å². The van der Waals surface area contributed by atoms with Crippen LogP contribution in [0.15, 0.2) is 24.3 Å². The van der Waals surface area contributed by atoms with Crippen LogP contribution in [0.3, 0.4) is 0 Å². The predicted molar refractivity (Wildman–Crippen MR) is 138 cm³/mol. The normalized spacial score (nSPS) is 10.2. The fraction of sp³-hybridized carbons (Fsp3) is 0.417. The topological polar surface area (TPSA) is 132 Å². The number of carboxylic acid groups (broad SMARTS) is 2. The maximum Gasteiger partial charge on any atom is 0.109 e. The van der Waals surface area contributed by atoms with Gasteiger partial charge >= 0.3 is 69.5 Å². The largest absolute Gasteiger partial charge is 0.545 e. The number of hydrogen-bond acceptors (Lipinski definition) is 10. The van der Waals surface area contributed by atoms with E-state index >= 15 is 0 Å². The SMILES string of the molecule is CCC[CH2][Sn+2][CH2]CCC.Cc1c(C(=O)[O-])ccc2snnc12.Cc1c(C(=O)[O-])ccc2snnc12. The van der Waals surface area contributed by atoms with Crippen molar-refractivity contribution in [2.24, 2.45) is 0 Å². The molecule has 0 aliphatic carbocycles. The second-order valence-electron chi connectivity index (χ2n) is 7.75. The Bertz CT molecular complexity index is 1160. The first-order chi connectivity index (χ1) is 16.8. The number of aromatic carboxylic acids is 2. The average Bonchev–Trinajstić information content (AvgIpc) is 3.50. The van der Waals surface area contributed by atoms with Crippen LogP contribution in [0.5, 0.6) is 0 Å². The summed E-state index contributed by atoms with van der Waals surface area (Å²) < 4.78 is 12.5. The maximum atomic E-state index is 10.6. The summed E-state index contributed by atoms with van der Waals surface area (Å²) in [7, 11) is 0. The smallest absolute Gasteiger partial charge is 0.109 e. The van der Waals surface area contributed by atoms with E-state index in [1.54, 1.807) is 34.9 Å². The number of carboxylic acids is 2. The number of fused-ring (bicyclic) bond motifs is 2. The molecule has 4 rings (SSSR count). The van der Waals surface area contributed by atoms with Crippen LogP contribution in [0.25, 0.3) is 20.4 Å². The molecule has 0 saturated carbocycles. The summed E-state index contributed by atoms with van der Waals surface area (Å²) in [6.07, 6.45) is 5.84. The monoisotopic (exact) mass is 620 g/mol. The van der Waals surface area contributed by atoms with Gasteiger partial charge in [0.2, 0.25) is 0 Å². The molecule has 4 aromatic rings. The van der Waals surface area contributed by atoms with Gasteiger partial charge in [0.25, 0.3) is 0 Å². The Hall–Kier alpha value is -2.18. The molecular weight excluding hydrogens is 591 g/mol. The number of nitrogens with zero attached hydrogens (tertiary/aromatic N) is 4. The van der Waals surface area contributed by atoms with Gasteiger partial charge < -0.3 is 19.8 Å². The third-order valence-corrected chi connectivity index (χ3v) is 10.6. The minimum Gasteiger partial charge on any atom is -0.545 e. The summed E-state index contributed by atoms with van der Waals surface area (Å²) in [6, 6.07) is 6.43.